The van der Waals surface area contributed by atoms with Crippen LogP contribution in [0.5, 0.6) is 0 Å². The zero-order chi connectivity index (χ0) is 13.7. The molecule has 0 saturated heterocycles. The number of anilines is 1. The van der Waals surface area contributed by atoms with Gasteiger partial charge in [-0.2, -0.15) is 5.10 Å². The Morgan fingerprint density at radius 1 is 1.26 bits per heavy atom. The molecule has 2 heterocycles. The second kappa shape index (κ2) is 6.22. The van der Waals surface area contributed by atoms with Gasteiger partial charge in [-0.15, -0.1) is 0 Å². The fraction of sp³-hybridized carbons (Fsp3) is 0.429. The fourth-order valence-electron chi connectivity index (χ4n) is 2.04. The third kappa shape index (κ3) is 3.24. The van der Waals surface area contributed by atoms with Gasteiger partial charge in [0.25, 0.3) is 5.56 Å². The van der Waals surface area contributed by atoms with Gasteiger partial charge in [0.15, 0.2) is 0 Å². The van der Waals surface area contributed by atoms with Crippen LogP contribution in [0.1, 0.15) is 26.0 Å². The lowest BCUT2D eigenvalue weighted by Crippen LogP contribution is -2.19. The maximum Gasteiger partial charge on any atom is 0.250 e. The number of nitrogens with zero attached hydrogens (tertiary/aromatic N) is 3. The molecule has 0 spiro atoms. The summed E-state index contributed by atoms with van der Waals surface area (Å²) in [6.07, 6.45) is 4.63. The van der Waals surface area contributed by atoms with Crippen molar-refractivity contribution < 1.29 is 0 Å². The largest absolute Gasteiger partial charge is 0.378 e. The fourth-order valence-corrected chi connectivity index (χ4v) is 2.04. The molecule has 0 aliphatic carbocycles. The van der Waals surface area contributed by atoms with Gasteiger partial charge in [0.05, 0.1) is 17.9 Å². The highest BCUT2D eigenvalue weighted by Gasteiger charge is 2.02. The van der Waals surface area contributed by atoms with Crippen LogP contribution >= 0.6 is 0 Å². The van der Waals surface area contributed by atoms with Crippen LogP contribution in [0, 0.1) is 0 Å². The molecule has 0 bridgehead atoms. The van der Waals surface area contributed by atoms with Crippen molar-refractivity contribution >= 4 is 5.69 Å². The summed E-state index contributed by atoms with van der Waals surface area (Å²) in [6, 6.07) is 5.43. The second-order valence-corrected chi connectivity index (χ2v) is 4.44. The van der Waals surface area contributed by atoms with Gasteiger partial charge in [0, 0.05) is 31.5 Å². The summed E-state index contributed by atoms with van der Waals surface area (Å²) in [5, 5.41) is 7.56. The average molecular weight is 260 g/mol. The lowest BCUT2D eigenvalue weighted by Gasteiger charge is -2.10. The molecular formula is C14H20N4O. The topological polar surface area (TPSA) is 51.9 Å². The van der Waals surface area contributed by atoms with Crippen molar-refractivity contribution in [3.05, 3.63) is 46.6 Å². The van der Waals surface area contributed by atoms with Crippen LogP contribution in [-0.2, 0) is 19.6 Å². The van der Waals surface area contributed by atoms with Gasteiger partial charge >= 0.3 is 0 Å². The van der Waals surface area contributed by atoms with Crippen LogP contribution in [0.25, 0.3) is 0 Å². The van der Waals surface area contributed by atoms with Gasteiger partial charge in [0.1, 0.15) is 0 Å². The normalized spacial score (nSPS) is 10.6. The number of nitrogens with one attached hydrogen (secondary N) is 1. The number of hydrogen-bond acceptors (Lipinski definition) is 3. The van der Waals surface area contributed by atoms with Gasteiger partial charge in [-0.1, -0.05) is 6.92 Å². The lowest BCUT2D eigenvalue weighted by atomic mass is 10.3. The Morgan fingerprint density at radius 3 is 2.84 bits per heavy atom. The standard InChI is InChI=1S/C14H20N4O/c1-3-9-17-11-12(5-6-14(17)19)15-10-13-7-8-16-18(13)4-2/h5-8,11,15H,3-4,9-10H2,1-2H3. The van der Waals surface area contributed by atoms with Crippen molar-refractivity contribution in [1.82, 2.24) is 14.3 Å². The van der Waals surface area contributed by atoms with Crippen molar-refractivity contribution in [2.45, 2.75) is 39.9 Å². The molecule has 102 valence electrons. The minimum absolute atomic E-state index is 0.0472. The summed E-state index contributed by atoms with van der Waals surface area (Å²) in [6.45, 7) is 6.45. The van der Waals surface area contributed by atoms with E-state index in [1.807, 2.05) is 23.0 Å². The first-order valence-electron chi connectivity index (χ1n) is 6.69. The molecule has 2 rings (SSSR count). The number of hydrogen-bond donors (Lipinski definition) is 1. The predicted molar refractivity (Wildman–Crippen MR) is 76.2 cm³/mol. The molecule has 0 unspecified atom stereocenters. The minimum atomic E-state index is 0.0472. The summed E-state index contributed by atoms with van der Waals surface area (Å²) in [5.41, 5.74) is 2.14. The Bertz CT molecular complexity index is 585. The minimum Gasteiger partial charge on any atom is -0.378 e. The maximum absolute atomic E-state index is 11.6. The first-order chi connectivity index (χ1) is 9.24. The lowest BCUT2D eigenvalue weighted by molar-refractivity contribution is 0.626. The summed E-state index contributed by atoms with van der Waals surface area (Å²) < 4.78 is 3.69. The molecule has 19 heavy (non-hydrogen) atoms. The summed E-state index contributed by atoms with van der Waals surface area (Å²) in [4.78, 5) is 11.6. The Labute approximate surface area is 112 Å². The Balaban J connectivity index is 2.07. The van der Waals surface area contributed by atoms with E-state index < -0.39 is 0 Å². The van der Waals surface area contributed by atoms with Crippen LogP contribution < -0.4 is 10.9 Å². The van der Waals surface area contributed by atoms with Gasteiger partial charge in [-0.05, 0) is 25.5 Å². The number of pyridine rings is 1. The third-order valence-electron chi connectivity index (χ3n) is 3.03. The zero-order valence-corrected chi connectivity index (χ0v) is 11.5. The van der Waals surface area contributed by atoms with Crippen molar-refractivity contribution in [3.63, 3.8) is 0 Å². The molecule has 2 aromatic heterocycles. The molecule has 0 amide bonds. The van der Waals surface area contributed by atoms with Crippen molar-refractivity contribution in [2.24, 2.45) is 0 Å². The van der Waals surface area contributed by atoms with Crippen LogP contribution in [0.2, 0.25) is 0 Å². The van der Waals surface area contributed by atoms with Gasteiger partial charge < -0.3 is 9.88 Å². The molecule has 0 aliphatic heterocycles. The molecule has 2 aromatic rings. The zero-order valence-electron chi connectivity index (χ0n) is 11.5. The number of aryl methyl sites for hydroxylation is 2. The van der Waals surface area contributed by atoms with Gasteiger partial charge in [0.2, 0.25) is 0 Å². The molecule has 5 heteroatoms. The van der Waals surface area contributed by atoms with E-state index in [0.717, 1.165) is 30.9 Å². The highest BCUT2D eigenvalue weighted by Crippen LogP contribution is 2.07. The molecule has 0 aromatic carbocycles. The van der Waals surface area contributed by atoms with Crippen LogP contribution in [-0.4, -0.2) is 14.3 Å². The maximum atomic E-state index is 11.6. The van der Waals surface area contributed by atoms with Gasteiger partial charge in [-0.25, -0.2) is 0 Å². The van der Waals surface area contributed by atoms with E-state index in [-0.39, 0.29) is 5.56 Å². The van der Waals surface area contributed by atoms with Crippen molar-refractivity contribution in [1.29, 1.82) is 0 Å². The highest BCUT2D eigenvalue weighted by molar-refractivity contribution is 5.40. The Hall–Kier alpha value is -2.04. The number of aromatic nitrogens is 3. The predicted octanol–water partition coefficient (Wildman–Crippen LogP) is 2.09. The van der Waals surface area contributed by atoms with E-state index in [4.69, 9.17) is 0 Å². The summed E-state index contributed by atoms with van der Waals surface area (Å²) in [7, 11) is 0. The van der Waals surface area contributed by atoms with Crippen LogP contribution in [0.3, 0.4) is 0 Å². The Kier molecular flexibility index (Phi) is 4.39. The third-order valence-corrected chi connectivity index (χ3v) is 3.03. The molecular weight excluding hydrogens is 240 g/mol. The molecule has 0 radical (unpaired) electrons. The average Bonchev–Trinajstić information content (AvgIpc) is 2.87. The molecule has 0 aliphatic rings. The van der Waals surface area contributed by atoms with E-state index in [9.17, 15) is 4.79 Å². The van der Waals surface area contributed by atoms with E-state index in [2.05, 4.69) is 24.3 Å². The quantitative estimate of drug-likeness (QED) is 0.865. The highest BCUT2D eigenvalue weighted by atomic mass is 16.1. The van der Waals surface area contributed by atoms with Crippen molar-refractivity contribution in [3.8, 4) is 0 Å². The van der Waals surface area contributed by atoms with E-state index in [1.54, 1.807) is 16.8 Å². The van der Waals surface area contributed by atoms with E-state index in [1.165, 1.54) is 0 Å². The Morgan fingerprint density at radius 2 is 2.11 bits per heavy atom. The molecule has 5 nitrogen and oxygen atoms in total. The van der Waals surface area contributed by atoms with Crippen LogP contribution in [0.4, 0.5) is 5.69 Å². The molecule has 0 fully saturated rings. The molecule has 0 saturated carbocycles. The first kappa shape index (κ1) is 13.4. The van der Waals surface area contributed by atoms with Gasteiger partial charge in [-0.3, -0.25) is 9.48 Å². The monoisotopic (exact) mass is 260 g/mol. The molecule has 0 atom stereocenters. The van der Waals surface area contributed by atoms with E-state index >= 15 is 0 Å². The first-order valence-corrected chi connectivity index (χ1v) is 6.69. The molecule has 1 N–H and O–H groups in total. The SMILES string of the molecule is CCCn1cc(NCc2ccnn2CC)ccc1=O. The van der Waals surface area contributed by atoms with E-state index in [0.29, 0.717) is 6.54 Å². The summed E-state index contributed by atoms with van der Waals surface area (Å²) >= 11 is 0. The second-order valence-electron chi connectivity index (χ2n) is 4.44. The van der Waals surface area contributed by atoms with Crippen molar-refractivity contribution in [2.75, 3.05) is 5.32 Å². The summed E-state index contributed by atoms with van der Waals surface area (Å²) in [5.74, 6) is 0. The van der Waals surface area contributed by atoms with Crippen LogP contribution in [0.15, 0.2) is 35.4 Å². The smallest absolute Gasteiger partial charge is 0.250 e. The number of rotatable bonds is 6.